The van der Waals surface area contributed by atoms with Gasteiger partial charge in [-0.05, 0) is 79.5 Å². The molecule has 0 saturated heterocycles. The molecule has 0 radical (unpaired) electrons. The predicted molar refractivity (Wildman–Crippen MR) is 118 cm³/mol. The lowest BCUT2D eigenvalue weighted by Crippen LogP contribution is -2.28. The summed E-state index contributed by atoms with van der Waals surface area (Å²) in [6.45, 7) is 2.25. The van der Waals surface area contributed by atoms with Crippen LogP contribution < -0.4 is 4.74 Å². The van der Waals surface area contributed by atoms with Crippen LogP contribution in [-0.4, -0.2) is 37.9 Å². The number of rotatable bonds is 6. The first-order valence-corrected chi connectivity index (χ1v) is 12.3. The lowest BCUT2D eigenvalue weighted by atomic mass is 9.82. The summed E-state index contributed by atoms with van der Waals surface area (Å²) in [6.07, 6.45) is 6.07. The highest BCUT2D eigenvalue weighted by atomic mass is 33.1. The molecule has 0 aromatic heterocycles. The molecule has 2 nitrogen and oxygen atoms in total. The van der Waals surface area contributed by atoms with Crippen LogP contribution in [0.15, 0.2) is 41.3 Å². The largest absolute Gasteiger partial charge is 0.496 e. The second-order valence-corrected chi connectivity index (χ2v) is 10.2. The van der Waals surface area contributed by atoms with Crippen molar-refractivity contribution in [1.82, 2.24) is 4.90 Å². The molecule has 0 bridgehead atoms. The van der Waals surface area contributed by atoms with Gasteiger partial charge in [0.15, 0.2) is 0 Å². The highest BCUT2D eigenvalue weighted by molar-refractivity contribution is 8.76. The Hall–Kier alpha value is -1.10. The van der Waals surface area contributed by atoms with Gasteiger partial charge < -0.3 is 9.64 Å². The fraction of sp³-hybridized carbons (Fsp3) is 0.478. The summed E-state index contributed by atoms with van der Waals surface area (Å²) in [5, 5.41) is 0. The van der Waals surface area contributed by atoms with Gasteiger partial charge >= 0.3 is 0 Å². The van der Waals surface area contributed by atoms with E-state index in [-0.39, 0.29) is 0 Å². The molecule has 1 atom stereocenters. The lowest BCUT2D eigenvalue weighted by molar-refractivity contribution is 0.299. The van der Waals surface area contributed by atoms with Crippen LogP contribution in [-0.2, 0) is 19.3 Å². The van der Waals surface area contributed by atoms with Crippen molar-refractivity contribution in [3.8, 4) is 5.75 Å². The molecule has 1 unspecified atom stereocenters. The Morgan fingerprint density at radius 3 is 3.00 bits per heavy atom. The molecule has 1 aliphatic carbocycles. The Labute approximate surface area is 171 Å². The second kappa shape index (κ2) is 8.93. The number of likely N-dealkylation sites (N-methyl/N-ethyl adjacent to an activating group) is 1. The molecule has 0 N–H and O–H groups in total. The molecule has 0 fully saturated rings. The fourth-order valence-corrected chi connectivity index (χ4v) is 6.71. The smallest absolute Gasteiger partial charge is 0.122 e. The standard InChI is InChI=1S/C23H29NOS2/c1-24(13-11-17-9-10-18-12-14-26-27-23(18)15-17)16-19-5-3-7-21-20(19)6-4-8-22(21)25-2/h4,6,8-10,15,19H,3,5,7,11-14,16H2,1-2H3. The van der Waals surface area contributed by atoms with Crippen molar-refractivity contribution in [3.63, 3.8) is 0 Å². The maximum atomic E-state index is 5.60. The molecule has 0 saturated carbocycles. The minimum absolute atomic E-state index is 0.629. The number of fused-ring (bicyclic) bond motifs is 2. The van der Waals surface area contributed by atoms with E-state index >= 15 is 0 Å². The van der Waals surface area contributed by atoms with Gasteiger partial charge in [-0.3, -0.25) is 0 Å². The van der Waals surface area contributed by atoms with Gasteiger partial charge in [-0.1, -0.05) is 45.9 Å². The summed E-state index contributed by atoms with van der Waals surface area (Å²) in [4.78, 5) is 4.00. The Morgan fingerprint density at radius 1 is 1.19 bits per heavy atom. The van der Waals surface area contributed by atoms with Crippen LogP contribution in [0.25, 0.3) is 0 Å². The fourth-order valence-electron chi connectivity index (χ4n) is 4.38. The van der Waals surface area contributed by atoms with Gasteiger partial charge in [0, 0.05) is 23.7 Å². The third kappa shape index (κ3) is 4.49. The van der Waals surface area contributed by atoms with Crippen molar-refractivity contribution in [2.75, 3.05) is 33.0 Å². The first-order chi connectivity index (χ1) is 13.2. The van der Waals surface area contributed by atoms with Crippen LogP contribution in [0.1, 0.15) is 41.0 Å². The molecule has 2 aromatic rings. The summed E-state index contributed by atoms with van der Waals surface area (Å²) in [5.41, 5.74) is 5.95. The number of benzene rings is 2. The predicted octanol–water partition coefficient (Wildman–Crippen LogP) is 5.59. The van der Waals surface area contributed by atoms with E-state index in [0.717, 1.165) is 31.7 Å². The van der Waals surface area contributed by atoms with E-state index in [1.807, 2.05) is 21.6 Å². The monoisotopic (exact) mass is 399 g/mol. The number of hydrogen-bond acceptors (Lipinski definition) is 4. The maximum Gasteiger partial charge on any atom is 0.122 e. The van der Waals surface area contributed by atoms with Gasteiger partial charge in [-0.25, -0.2) is 0 Å². The van der Waals surface area contributed by atoms with E-state index in [9.17, 15) is 0 Å². The van der Waals surface area contributed by atoms with Gasteiger partial charge in [0.05, 0.1) is 7.11 Å². The number of methoxy groups -OCH3 is 1. The zero-order valence-electron chi connectivity index (χ0n) is 16.4. The quantitative estimate of drug-likeness (QED) is 0.587. The van der Waals surface area contributed by atoms with Gasteiger partial charge in [0.25, 0.3) is 0 Å². The Morgan fingerprint density at radius 2 is 2.11 bits per heavy atom. The summed E-state index contributed by atoms with van der Waals surface area (Å²) in [7, 11) is 8.01. The maximum absolute atomic E-state index is 5.60. The van der Waals surface area contributed by atoms with Gasteiger partial charge in [0.1, 0.15) is 5.75 Å². The average molecular weight is 400 g/mol. The van der Waals surface area contributed by atoms with Crippen LogP contribution in [0.5, 0.6) is 5.75 Å². The van der Waals surface area contributed by atoms with Crippen molar-refractivity contribution in [2.45, 2.75) is 42.9 Å². The van der Waals surface area contributed by atoms with E-state index < -0.39 is 0 Å². The summed E-state index contributed by atoms with van der Waals surface area (Å²) >= 11 is 0. The first kappa shape index (κ1) is 19.2. The lowest BCUT2D eigenvalue weighted by Gasteiger charge is -2.30. The normalized spacial score (nSPS) is 18.9. The van der Waals surface area contributed by atoms with Crippen molar-refractivity contribution < 1.29 is 4.74 Å². The van der Waals surface area contributed by atoms with Crippen LogP contribution in [0.3, 0.4) is 0 Å². The molecule has 2 aromatic carbocycles. The number of aryl methyl sites for hydroxylation is 1. The highest BCUT2D eigenvalue weighted by Crippen LogP contribution is 2.39. The third-order valence-corrected chi connectivity index (χ3v) is 8.30. The molecule has 0 spiro atoms. The molecule has 144 valence electrons. The van der Waals surface area contributed by atoms with Crippen LogP contribution in [0, 0.1) is 0 Å². The minimum atomic E-state index is 0.629. The number of ether oxygens (including phenoxy) is 1. The van der Waals surface area contributed by atoms with E-state index in [4.69, 9.17) is 4.74 Å². The van der Waals surface area contributed by atoms with Gasteiger partial charge in [-0.15, -0.1) is 0 Å². The molecular formula is C23H29NOS2. The molecule has 1 heterocycles. The second-order valence-electron chi connectivity index (χ2n) is 7.73. The molecule has 4 rings (SSSR count). The van der Waals surface area contributed by atoms with E-state index in [0.29, 0.717) is 5.92 Å². The summed E-state index contributed by atoms with van der Waals surface area (Å²) in [6, 6.07) is 13.7. The number of nitrogens with zero attached hydrogens (tertiary/aromatic N) is 1. The average Bonchev–Trinajstić information content (AvgIpc) is 2.72. The minimum Gasteiger partial charge on any atom is -0.496 e. The zero-order chi connectivity index (χ0) is 18.6. The van der Waals surface area contributed by atoms with Crippen LogP contribution in [0.2, 0.25) is 0 Å². The van der Waals surface area contributed by atoms with Crippen LogP contribution in [0.4, 0.5) is 0 Å². The molecular weight excluding hydrogens is 370 g/mol. The first-order valence-electron chi connectivity index (χ1n) is 10.00. The molecule has 2 aliphatic rings. The SMILES string of the molecule is COc1cccc2c1CCCC2CN(C)CCc1ccc2c(c1)SSCC2. The van der Waals surface area contributed by atoms with Crippen molar-refractivity contribution in [1.29, 1.82) is 0 Å². The third-order valence-electron chi connectivity index (χ3n) is 5.86. The Balaban J connectivity index is 1.37. The van der Waals surface area contributed by atoms with Gasteiger partial charge in [0.2, 0.25) is 0 Å². The molecule has 27 heavy (non-hydrogen) atoms. The summed E-state index contributed by atoms with van der Waals surface area (Å²) < 4.78 is 5.60. The van der Waals surface area contributed by atoms with Gasteiger partial charge in [-0.2, -0.15) is 0 Å². The molecule has 4 heteroatoms. The highest BCUT2D eigenvalue weighted by Gasteiger charge is 2.23. The molecule has 0 amide bonds. The Bertz CT molecular complexity index is 792. The van der Waals surface area contributed by atoms with Crippen molar-refractivity contribution >= 4 is 21.6 Å². The van der Waals surface area contributed by atoms with E-state index in [1.165, 1.54) is 52.2 Å². The zero-order valence-corrected chi connectivity index (χ0v) is 18.0. The Kier molecular flexibility index (Phi) is 6.36. The van der Waals surface area contributed by atoms with Crippen molar-refractivity contribution in [2.24, 2.45) is 0 Å². The number of hydrogen-bond donors (Lipinski definition) is 0. The topological polar surface area (TPSA) is 12.5 Å². The van der Waals surface area contributed by atoms with E-state index in [1.54, 1.807) is 7.11 Å². The summed E-state index contributed by atoms with van der Waals surface area (Å²) in [5.74, 6) is 2.95. The van der Waals surface area contributed by atoms with Crippen LogP contribution >= 0.6 is 21.6 Å². The van der Waals surface area contributed by atoms with Crippen molar-refractivity contribution in [3.05, 3.63) is 58.7 Å². The van der Waals surface area contributed by atoms with E-state index in [2.05, 4.69) is 48.3 Å². The molecule has 1 aliphatic heterocycles.